The minimum absolute atomic E-state index is 0.00496. The van der Waals surface area contributed by atoms with Gasteiger partial charge in [0.05, 0.1) is 5.41 Å². The Morgan fingerprint density at radius 2 is 1.64 bits per heavy atom. The Bertz CT molecular complexity index is 1090. The molecule has 0 saturated carbocycles. The zero-order chi connectivity index (χ0) is 24.6. The zero-order valence-electron chi connectivity index (χ0n) is 21.4. The summed E-state index contributed by atoms with van der Waals surface area (Å²) in [5.74, 6) is 7.17. The molecule has 3 heteroatoms. The van der Waals surface area contributed by atoms with Gasteiger partial charge in [-0.25, -0.2) is 0 Å². The van der Waals surface area contributed by atoms with E-state index < -0.39 is 11.4 Å². The maximum atomic E-state index is 11.5. The van der Waals surface area contributed by atoms with Crippen LogP contribution in [-0.4, -0.2) is 16.7 Å². The number of carbonyl (C=O) groups is 1. The summed E-state index contributed by atoms with van der Waals surface area (Å²) in [5, 5.41) is 9.45. The molecule has 2 aromatic carbocycles. The van der Waals surface area contributed by atoms with Gasteiger partial charge in [-0.1, -0.05) is 65.5 Å². The van der Waals surface area contributed by atoms with Crippen LogP contribution in [0.3, 0.4) is 0 Å². The molecule has 0 atom stereocenters. The molecule has 0 unspecified atom stereocenters. The predicted molar refractivity (Wildman–Crippen MR) is 135 cm³/mol. The standard InChI is InChI=1S/C30H38O3/c1-9-30(10-2)19-28(5,6)25-18-22(17-24(20(3)4)26(25)33-30)12-11-21-13-15-23(16-14-21)29(7,8)27(31)32/h13-18,20H,9-10,19H2,1-8H3,(H,31,32). The fourth-order valence-electron chi connectivity index (χ4n) is 4.80. The number of rotatable bonds is 5. The molecule has 0 aliphatic carbocycles. The van der Waals surface area contributed by atoms with Gasteiger partial charge in [-0.2, -0.15) is 0 Å². The van der Waals surface area contributed by atoms with Crippen LogP contribution >= 0.6 is 0 Å². The van der Waals surface area contributed by atoms with Gasteiger partial charge < -0.3 is 9.84 Å². The number of aliphatic carboxylic acids is 1. The van der Waals surface area contributed by atoms with Gasteiger partial charge in [-0.3, -0.25) is 4.79 Å². The van der Waals surface area contributed by atoms with E-state index in [1.54, 1.807) is 13.8 Å². The molecule has 0 radical (unpaired) electrons. The van der Waals surface area contributed by atoms with E-state index in [2.05, 4.69) is 65.5 Å². The van der Waals surface area contributed by atoms with E-state index in [0.29, 0.717) is 5.92 Å². The van der Waals surface area contributed by atoms with Crippen molar-refractivity contribution >= 4 is 5.97 Å². The lowest BCUT2D eigenvalue weighted by molar-refractivity contribution is -0.142. The van der Waals surface area contributed by atoms with E-state index in [1.807, 2.05) is 24.3 Å². The van der Waals surface area contributed by atoms with E-state index in [0.717, 1.165) is 41.7 Å². The first-order valence-electron chi connectivity index (χ1n) is 12.1. The SMILES string of the molecule is CCC1(CC)CC(C)(C)c2cc(C#Cc3ccc(C(C)(C)C(=O)O)cc3)cc(C(C)C)c2O1. The van der Waals surface area contributed by atoms with Crippen molar-refractivity contribution in [3.63, 3.8) is 0 Å². The highest BCUT2D eigenvalue weighted by Gasteiger charge is 2.44. The summed E-state index contributed by atoms with van der Waals surface area (Å²) in [5.41, 5.74) is 4.06. The molecule has 3 rings (SSSR count). The van der Waals surface area contributed by atoms with Crippen molar-refractivity contribution in [1.29, 1.82) is 0 Å². The fraction of sp³-hybridized carbons (Fsp3) is 0.500. The molecule has 1 aliphatic heterocycles. The fourth-order valence-corrected chi connectivity index (χ4v) is 4.80. The first kappa shape index (κ1) is 24.9. The highest BCUT2D eigenvalue weighted by Crippen LogP contribution is 2.50. The van der Waals surface area contributed by atoms with E-state index in [-0.39, 0.29) is 11.0 Å². The monoisotopic (exact) mass is 446 g/mol. The van der Waals surface area contributed by atoms with Crippen molar-refractivity contribution in [3.8, 4) is 17.6 Å². The van der Waals surface area contributed by atoms with E-state index in [4.69, 9.17) is 4.74 Å². The van der Waals surface area contributed by atoms with Gasteiger partial charge in [-0.05, 0) is 79.8 Å². The van der Waals surface area contributed by atoms with Crippen LogP contribution in [0, 0.1) is 11.8 Å². The Hall–Kier alpha value is -2.73. The minimum Gasteiger partial charge on any atom is -0.487 e. The number of fused-ring (bicyclic) bond motifs is 1. The maximum absolute atomic E-state index is 11.5. The van der Waals surface area contributed by atoms with Crippen LogP contribution in [0.4, 0.5) is 0 Å². The van der Waals surface area contributed by atoms with Gasteiger partial charge in [0.2, 0.25) is 0 Å². The summed E-state index contributed by atoms with van der Waals surface area (Å²) in [6.07, 6.45) is 3.00. The Kier molecular flexibility index (Phi) is 6.72. The van der Waals surface area contributed by atoms with Crippen molar-refractivity contribution in [2.75, 3.05) is 0 Å². The van der Waals surface area contributed by atoms with Crippen molar-refractivity contribution in [1.82, 2.24) is 0 Å². The number of carboxylic acid groups (broad SMARTS) is 1. The third-order valence-corrected chi connectivity index (χ3v) is 7.33. The summed E-state index contributed by atoms with van der Waals surface area (Å²) < 4.78 is 6.73. The number of ether oxygens (including phenoxy) is 1. The molecule has 2 aromatic rings. The van der Waals surface area contributed by atoms with Crippen LogP contribution in [0.25, 0.3) is 0 Å². The average molecular weight is 447 g/mol. The van der Waals surface area contributed by atoms with Crippen molar-refractivity contribution in [3.05, 3.63) is 64.2 Å². The van der Waals surface area contributed by atoms with Crippen LogP contribution < -0.4 is 4.74 Å². The number of hydrogen-bond donors (Lipinski definition) is 1. The molecule has 0 bridgehead atoms. The van der Waals surface area contributed by atoms with Gasteiger partial charge >= 0.3 is 5.97 Å². The predicted octanol–water partition coefficient (Wildman–Crippen LogP) is 7.19. The van der Waals surface area contributed by atoms with Gasteiger partial charge in [0.25, 0.3) is 0 Å². The number of benzene rings is 2. The molecule has 0 saturated heterocycles. The lowest BCUT2D eigenvalue weighted by Gasteiger charge is -2.46. The van der Waals surface area contributed by atoms with Gasteiger partial charge in [-0.15, -0.1) is 0 Å². The van der Waals surface area contributed by atoms with E-state index in [1.165, 1.54) is 11.1 Å². The second-order valence-corrected chi connectivity index (χ2v) is 10.9. The molecule has 33 heavy (non-hydrogen) atoms. The van der Waals surface area contributed by atoms with Gasteiger partial charge in [0, 0.05) is 16.7 Å². The smallest absolute Gasteiger partial charge is 0.313 e. The molecule has 0 aromatic heterocycles. The van der Waals surface area contributed by atoms with E-state index in [9.17, 15) is 9.90 Å². The second kappa shape index (κ2) is 8.90. The molecular formula is C30H38O3. The minimum atomic E-state index is -0.922. The Morgan fingerprint density at radius 1 is 1.06 bits per heavy atom. The van der Waals surface area contributed by atoms with Crippen LogP contribution in [0.15, 0.2) is 36.4 Å². The summed E-state index contributed by atoms with van der Waals surface area (Å²) in [6, 6.07) is 11.9. The van der Waals surface area contributed by atoms with Crippen molar-refractivity contribution < 1.29 is 14.6 Å². The van der Waals surface area contributed by atoms with Gasteiger partial charge in [0.1, 0.15) is 11.4 Å². The largest absolute Gasteiger partial charge is 0.487 e. The molecule has 0 fully saturated rings. The molecule has 0 amide bonds. The maximum Gasteiger partial charge on any atom is 0.313 e. The molecular weight excluding hydrogens is 408 g/mol. The van der Waals surface area contributed by atoms with Crippen molar-refractivity contribution in [2.45, 2.75) is 97.0 Å². The van der Waals surface area contributed by atoms with Gasteiger partial charge in [0.15, 0.2) is 0 Å². The molecule has 3 nitrogen and oxygen atoms in total. The third kappa shape index (κ3) is 4.81. The van der Waals surface area contributed by atoms with Crippen LogP contribution in [0.5, 0.6) is 5.75 Å². The lowest BCUT2D eigenvalue weighted by atomic mass is 9.69. The topological polar surface area (TPSA) is 46.5 Å². The Morgan fingerprint density at radius 3 is 2.15 bits per heavy atom. The van der Waals surface area contributed by atoms with E-state index >= 15 is 0 Å². The summed E-state index contributed by atoms with van der Waals surface area (Å²) in [6.45, 7) is 16.9. The number of hydrogen-bond acceptors (Lipinski definition) is 2. The van der Waals surface area contributed by atoms with Crippen LogP contribution in [0.2, 0.25) is 0 Å². The first-order valence-corrected chi connectivity index (χ1v) is 12.1. The molecule has 1 heterocycles. The lowest BCUT2D eigenvalue weighted by Crippen LogP contribution is -2.45. The Labute approximate surface area is 199 Å². The first-order chi connectivity index (χ1) is 15.3. The third-order valence-electron chi connectivity index (χ3n) is 7.33. The summed E-state index contributed by atoms with van der Waals surface area (Å²) in [4.78, 5) is 11.5. The highest BCUT2D eigenvalue weighted by molar-refractivity contribution is 5.80. The summed E-state index contributed by atoms with van der Waals surface area (Å²) >= 11 is 0. The quantitative estimate of drug-likeness (QED) is 0.494. The summed E-state index contributed by atoms with van der Waals surface area (Å²) in [7, 11) is 0. The molecule has 1 aliphatic rings. The zero-order valence-corrected chi connectivity index (χ0v) is 21.4. The normalized spacial score (nSPS) is 16.4. The highest BCUT2D eigenvalue weighted by atomic mass is 16.5. The molecule has 176 valence electrons. The van der Waals surface area contributed by atoms with Crippen molar-refractivity contribution in [2.24, 2.45) is 0 Å². The molecule has 0 spiro atoms. The Balaban J connectivity index is 2.02. The van der Waals surface area contributed by atoms with Crippen LogP contribution in [0.1, 0.15) is 108 Å². The average Bonchev–Trinajstić information content (AvgIpc) is 2.77. The second-order valence-electron chi connectivity index (χ2n) is 10.9. The molecule has 1 N–H and O–H groups in total. The number of carboxylic acids is 1. The van der Waals surface area contributed by atoms with Crippen LogP contribution in [-0.2, 0) is 15.6 Å².